The van der Waals surface area contributed by atoms with E-state index in [0.29, 0.717) is 71.3 Å². The van der Waals surface area contributed by atoms with Crippen LogP contribution >= 0.6 is 0 Å². The van der Waals surface area contributed by atoms with Crippen LogP contribution in [0.1, 0.15) is 76.8 Å². The number of amides is 8. The van der Waals surface area contributed by atoms with E-state index in [4.69, 9.17) is 23.7 Å². The van der Waals surface area contributed by atoms with Gasteiger partial charge in [0.25, 0.3) is 29.5 Å². The highest BCUT2D eigenvalue weighted by Gasteiger charge is 2.34. The monoisotopic (exact) mass is 1100 g/mol. The molecular formula is C56H66N10O14. The predicted molar refractivity (Wildman–Crippen MR) is 293 cm³/mol. The molecule has 5 heterocycles. The molecule has 2 aromatic carbocycles. The molecule has 1 saturated heterocycles. The summed E-state index contributed by atoms with van der Waals surface area (Å²) < 4.78 is 30.9. The molecule has 0 bridgehead atoms. The number of esters is 1. The maximum atomic E-state index is 13.3. The number of methoxy groups -OCH3 is 1. The Kier molecular flexibility index (Phi) is 20.7. The van der Waals surface area contributed by atoms with Gasteiger partial charge in [0.1, 0.15) is 17.4 Å². The number of nitrogens with one attached hydrogen (secondary N) is 5. The van der Waals surface area contributed by atoms with Gasteiger partial charge in [-0.15, -0.1) is 0 Å². The standard InChI is InChI=1S/C56H66N10O14/c1-35-26-41-31-59-43-30-47(46(76-5)29-42(43)55(74)66(41)32-35)79-20-6-8-49(68)61-40-28-45(64(4)34-40)54(73)62-39-11-9-37(10-12-39)38-27-44(63(3)33-38)53(72)58-17-7-21-80-56(75)36(2)60-50(69)16-22-77-24-25-78-23-18-57-48(67)15-19-65-51(70)13-14-52(65)71/h9-14,27-31,33-34,36,41H,1,6-8,15-26,32H2,2-5H3,(H,57,67)(H,58,72)(H,60,69)(H,61,68)(H,62,73)/t36-,41-/m0/s1. The second-order valence-corrected chi connectivity index (χ2v) is 19.0. The summed E-state index contributed by atoms with van der Waals surface area (Å²) >= 11 is 0. The van der Waals surface area contributed by atoms with Crippen molar-refractivity contribution in [2.24, 2.45) is 19.1 Å². The number of carbonyl (C=O) groups excluding carboxylic acids is 9. The number of aliphatic imine (C=N–C) groups is 1. The molecule has 1 fully saturated rings. The molecule has 7 rings (SSSR count). The Balaban J connectivity index is 0.736. The first kappa shape index (κ1) is 58.8. The molecule has 5 N–H and O–H groups in total. The zero-order valence-electron chi connectivity index (χ0n) is 45.1. The van der Waals surface area contributed by atoms with E-state index in [1.54, 1.807) is 76.9 Å². The number of aromatic nitrogens is 2. The zero-order valence-corrected chi connectivity index (χ0v) is 45.1. The van der Waals surface area contributed by atoms with Crippen LogP contribution in [0.25, 0.3) is 11.1 Å². The molecule has 80 heavy (non-hydrogen) atoms. The Morgan fingerprint density at radius 3 is 2.19 bits per heavy atom. The number of nitrogens with zero attached hydrogens (tertiary/aromatic N) is 5. The van der Waals surface area contributed by atoms with Gasteiger partial charge in [-0.1, -0.05) is 24.3 Å². The van der Waals surface area contributed by atoms with Crippen LogP contribution in [-0.2, 0) is 57.1 Å². The lowest BCUT2D eigenvalue weighted by atomic mass is 10.1. The Morgan fingerprint density at radius 1 is 0.713 bits per heavy atom. The van der Waals surface area contributed by atoms with Crippen molar-refractivity contribution in [1.29, 1.82) is 0 Å². The van der Waals surface area contributed by atoms with E-state index >= 15 is 0 Å². The molecule has 424 valence electrons. The molecule has 3 aliphatic rings. The number of aryl methyl sites for hydroxylation is 2. The van der Waals surface area contributed by atoms with Gasteiger partial charge in [0, 0.05) is 108 Å². The van der Waals surface area contributed by atoms with Crippen molar-refractivity contribution in [3.8, 4) is 22.6 Å². The number of fused-ring (bicyclic) bond motifs is 2. The van der Waals surface area contributed by atoms with E-state index in [2.05, 4.69) is 38.2 Å². The molecule has 2 atom stereocenters. The fraction of sp³-hybridized carbons (Fsp3) is 0.393. The fourth-order valence-electron chi connectivity index (χ4n) is 8.73. The smallest absolute Gasteiger partial charge is 0.328 e. The van der Waals surface area contributed by atoms with Crippen molar-refractivity contribution in [3.63, 3.8) is 0 Å². The Labute approximate surface area is 461 Å². The average Bonchev–Trinajstić information content (AvgIpc) is 4.19. The Hall–Kier alpha value is -8.90. The number of imide groups is 1. The van der Waals surface area contributed by atoms with Crippen molar-refractivity contribution in [2.45, 2.75) is 57.5 Å². The minimum absolute atomic E-state index is 0.000273. The van der Waals surface area contributed by atoms with Crippen LogP contribution in [0.3, 0.4) is 0 Å². The van der Waals surface area contributed by atoms with Gasteiger partial charge in [-0.05, 0) is 62.1 Å². The molecule has 4 aromatic rings. The van der Waals surface area contributed by atoms with Gasteiger partial charge in [-0.25, -0.2) is 4.79 Å². The molecule has 0 unspecified atom stereocenters. The van der Waals surface area contributed by atoms with E-state index in [1.165, 1.54) is 14.0 Å². The molecule has 8 amide bonds. The van der Waals surface area contributed by atoms with Gasteiger partial charge in [0.15, 0.2) is 11.5 Å². The molecule has 0 spiro atoms. The second-order valence-electron chi connectivity index (χ2n) is 19.0. The molecule has 3 aliphatic heterocycles. The number of ether oxygens (including phenoxy) is 5. The summed E-state index contributed by atoms with van der Waals surface area (Å²) in [6.07, 6.45) is 9.03. The molecule has 24 heteroatoms. The largest absolute Gasteiger partial charge is 0.493 e. The van der Waals surface area contributed by atoms with Crippen molar-refractivity contribution < 1.29 is 66.8 Å². The lowest BCUT2D eigenvalue weighted by Gasteiger charge is -2.20. The summed E-state index contributed by atoms with van der Waals surface area (Å²) in [7, 11) is 4.94. The predicted octanol–water partition coefficient (Wildman–Crippen LogP) is 3.60. The number of rotatable bonds is 29. The highest BCUT2D eigenvalue weighted by atomic mass is 16.5. The number of hydrogen-bond acceptors (Lipinski definition) is 15. The third-order valence-electron chi connectivity index (χ3n) is 13.0. The van der Waals surface area contributed by atoms with Crippen LogP contribution in [0.4, 0.5) is 17.1 Å². The van der Waals surface area contributed by atoms with Gasteiger partial charge in [-0.2, -0.15) is 0 Å². The summed E-state index contributed by atoms with van der Waals surface area (Å²) in [6.45, 7) is 7.38. The summed E-state index contributed by atoms with van der Waals surface area (Å²) in [5.74, 6) is -2.59. The highest BCUT2D eigenvalue weighted by Crippen LogP contribution is 2.38. The normalized spacial score (nSPS) is 14.8. The fourth-order valence-corrected chi connectivity index (χ4v) is 8.73. The first-order valence-corrected chi connectivity index (χ1v) is 26.1. The lowest BCUT2D eigenvalue weighted by molar-refractivity contribution is -0.147. The topological polar surface area (TPSA) is 289 Å². The van der Waals surface area contributed by atoms with Gasteiger partial charge < -0.3 is 64.3 Å². The van der Waals surface area contributed by atoms with Crippen LogP contribution in [0.5, 0.6) is 11.5 Å². The maximum absolute atomic E-state index is 13.3. The van der Waals surface area contributed by atoms with Gasteiger partial charge in [0.05, 0.1) is 69.7 Å². The quantitative estimate of drug-likeness (QED) is 0.0225. The second kappa shape index (κ2) is 28.1. The molecule has 0 aliphatic carbocycles. The first-order chi connectivity index (χ1) is 38.5. The van der Waals surface area contributed by atoms with Gasteiger partial charge in [0.2, 0.25) is 17.7 Å². The molecule has 2 aromatic heterocycles. The summed E-state index contributed by atoms with van der Waals surface area (Å²) in [6, 6.07) is 12.7. The minimum atomic E-state index is -0.906. The Bertz CT molecular complexity index is 3030. The maximum Gasteiger partial charge on any atom is 0.328 e. The third-order valence-corrected chi connectivity index (χ3v) is 13.0. The van der Waals surface area contributed by atoms with Gasteiger partial charge in [-0.3, -0.25) is 48.2 Å². The number of carbonyl (C=O) groups is 9. The molecule has 0 saturated carbocycles. The molecular weight excluding hydrogens is 1040 g/mol. The SMILES string of the molecule is C=C1C[C@H]2C=Nc3cc(OCCCC(=O)Nc4cc(C(=O)Nc5ccc(-c6cc(C(=O)NCCCOC(=O)[C@H](C)NC(=O)CCOCCOCCNC(=O)CCN7C(=O)C=CC7=O)n(C)c6)cc5)n(C)c4)c(OC)cc3C(=O)N2C1. The third kappa shape index (κ3) is 16.1. The van der Waals surface area contributed by atoms with Crippen molar-refractivity contribution in [3.05, 3.63) is 102 Å². The van der Waals surface area contributed by atoms with Crippen LogP contribution in [0.15, 0.2) is 90.2 Å². The summed E-state index contributed by atoms with van der Waals surface area (Å²) in [5.41, 5.74) is 5.14. The Morgan fingerprint density at radius 2 is 1.44 bits per heavy atom. The highest BCUT2D eigenvalue weighted by molar-refractivity contribution is 6.13. The number of anilines is 2. The average molecular weight is 1100 g/mol. The van der Waals surface area contributed by atoms with E-state index in [0.717, 1.165) is 33.8 Å². The molecule has 24 nitrogen and oxygen atoms in total. The van der Waals surface area contributed by atoms with Crippen LogP contribution in [0.2, 0.25) is 0 Å². The van der Waals surface area contributed by atoms with Crippen LogP contribution in [-0.4, -0.2) is 163 Å². The summed E-state index contributed by atoms with van der Waals surface area (Å²) in [4.78, 5) is 120. The number of hydrogen-bond donors (Lipinski definition) is 5. The van der Waals surface area contributed by atoms with E-state index in [1.807, 2.05) is 18.3 Å². The van der Waals surface area contributed by atoms with Crippen molar-refractivity contribution >= 4 is 76.5 Å². The van der Waals surface area contributed by atoms with E-state index < -0.39 is 29.7 Å². The molecule has 0 radical (unpaired) electrons. The zero-order chi connectivity index (χ0) is 57.3. The lowest BCUT2D eigenvalue weighted by Crippen LogP contribution is -2.40. The first-order valence-electron chi connectivity index (χ1n) is 26.1. The van der Waals surface area contributed by atoms with E-state index in [-0.39, 0.29) is 114 Å². The van der Waals surface area contributed by atoms with Crippen LogP contribution in [0, 0.1) is 0 Å². The van der Waals surface area contributed by atoms with Crippen molar-refractivity contribution in [1.82, 2.24) is 34.9 Å². The van der Waals surface area contributed by atoms with Gasteiger partial charge >= 0.3 is 5.97 Å². The van der Waals surface area contributed by atoms with Crippen molar-refractivity contribution in [2.75, 3.05) is 83.6 Å². The minimum Gasteiger partial charge on any atom is -0.493 e. The van der Waals surface area contributed by atoms with E-state index in [9.17, 15) is 43.2 Å². The summed E-state index contributed by atoms with van der Waals surface area (Å²) in [5, 5.41) is 13.8. The number of benzene rings is 2. The van der Waals surface area contributed by atoms with Crippen LogP contribution < -0.4 is 36.1 Å².